The maximum atomic E-state index is 4.17. The lowest BCUT2D eigenvalue weighted by atomic mass is 10.1. The molecule has 0 saturated heterocycles. The second-order valence-electron chi connectivity index (χ2n) is 3.66. The van der Waals surface area contributed by atoms with Crippen LogP contribution in [0.4, 0.5) is 11.5 Å². The van der Waals surface area contributed by atoms with E-state index >= 15 is 0 Å². The van der Waals surface area contributed by atoms with Gasteiger partial charge < -0.3 is 5.32 Å². The Kier molecular flexibility index (Phi) is 3.19. The first-order valence-corrected chi connectivity index (χ1v) is 5.76. The highest BCUT2D eigenvalue weighted by Gasteiger charge is 2.03. The monoisotopic (exact) mass is 277 g/mol. The van der Waals surface area contributed by atoms with E-state index in [1.54, 1.807) is 6.20 Å². The summed E-state index contributed by atoms with van der Waals surface area (Å²) in [5, 5.41) is 3.27. The Morgan fingerprint density at radius 3 is 2.75 bits per heavy atom. The van der Waals surface area contributed by atoms with Crippen LogP contribution in [0.2, 0.25) is 0 Å². The first kappa shape index (κ1) is 11.1. The summed E-state index contributed by atoms with van der Waals surface area (Å²) >= 11 is 3.41. The highest BCUT2D eigenvalue weighted by molar-refractivity contribution is 9.10. The summed E-state index contributed by atoms with van der Waals surface area (Å²) in [5.41, 5.74) is 3.51. The third-order valence-electron chi connectivity index (χ3n) is 2.30. The van der Waals surface area contributed by atoms with E-state index in [0.29, 0.717) is 0 Å². The van der Waals surface area contributed by atoms with Crippen molar-refractivity contribution in [2.24, 2.45) is 0 Å². The number of rotatable bonds is 2. The zero-order valence-corrected chi connectivity index (χ0v) is 10.7. The highest BCUT2D eigenvalue weighted by Crippen LogP contribution is 2.24. The average molecular weight is 278 g/mol. The van der Waals surface area contributed by atoms with Crippen LogP contribution in [-0.2, 0) is 0 Å². The van der Waals surface area contributed by atoms with Crippen molar-refractivity contribution < 1.29 is 0 Å². The molecule has 0 bridgehead atoms. The Labute approximate surface area is 103 Å². The predicted molar refractivity (Wildman–Crippen MR) is 68.9 cm³/mol. The molecule has 0 aliphatic carbocycles. The minimum atomic E-state index is 0.780. The molecular formula is C12H12BrN3. The molecule has 0 radical (unpaired) electrons. The van der Waals surface area contributed by atoms with Crippen molar-refractivity contribution in [3.63, 3.8) is 0 Å². The summed E-state index contributed by atoms with van der Waals surface area (Å²) < 4.78 is 0.856. The molecule has 2 aromatic rings. The third kappa shape index (κ3) is 2.39. The Balaban J connectivity index is 2.31. The van der Waals surface area contributed by atoms with Crippen molar-refractivity contribution in [1.82, 2.24) is 9.97 Å². The first-order chi connectivity index (χ1) is 7.66. The normalized spacial score (nSPS) is 10.2. The van der Waals surface area contributed by atoms with Crippen LogP contribution in [-0.4, -0.2) is 9.97 Å². The van der Waals surface area contributed by atoms with Crippen LogP contribution >= 0.6 is 15.9 Å². The molecule has 3 nitrogen and oxygen atoms in total. The smallest absolute Gasteiger partial charge is 0.148 e. The Morgan fingerprint density at radius 1 is 1.25 bits per heavy atom. The largest absolute Gasteiger partial charge is 0.339 e. The average Bonchev–Trinajstić information content (AvgIpc) is 2.25. The second-order valence-corrected chi connectivity index (χ2v) is 4.52. The molecule has 0 spiro atoms. The first-order valence-electron chi connectivity index (χ1n) is 4.96. The molecular weight excluding hydrogens is 266 g/mol. The number of hydrogen-bond donors (Lipinski definition) is 1. The Bertz CT molecular complexity index is 511. The SMILES string of the molecule is Cc1ccc(Nc2ncncc2Br)c(C)c1. The number of anilines is 2. The summed E-state index contributed by atoms with van der Waals surface area (Å²) in [6.45, 7) is 4.15. The van der Waals surface area contributed by atoms with Gasteiger partial charge in [-0.2, -0.15) is 0 Å². The number of nitrogens with zero attached hydrogens (tertiary/aromatic N) is 2. The highest BCUT2D eigenvalue weighted by atomic mass is 79.9. The third-order valence-corrected chi connectivity index (χ3v) is 2.88. The molecule has 0 atom stereocenters. The van der Waals surface area contributed by atoms with Gasteiger partial charge in [0.05, 0.1) is 4.47 Å². The van der Waals surface area contributed by atoms with Crippen molar-refractivity contribution in [2.75, 3.05) is 5.32 Å². The summed E-state index contributed by atoms with van der Waals surface area (Å²) in [4.78, 5) is 8.09. The standard InChI is InChI=1S/C12H12BrN3/c1-8-3-4-11(9(2)5-8)16-12-10(13)6-14-7-15-12/h3-7H,1-2H3,(H,14,15,16). The Morgan fingerprint density at radius 2 is 2.06 bits per heavy atom. The minimum absolute atomic E-state index is 0.780. The van der Waals surface area contributed by atoms with Gasteiger partial charge in [-0.1, -0.05) is 17.7 Å². The fourth-order valence-electron chi connectivity index (χ4n) is 1.49. The van der Waals surface area contributed by atoms with E-state index in [0.717, 1.165) is 16.0 Å². The molecule has 4 heteroatoms. The maximum absolute atomic E-state index is 4.17. The number of benzene rings is 1. The molecule has 82 valence electrons. The van der Waals surface area contributed by atoms with E-state index in [2.05, 4.69) is 63.3 Å². The van der Waals surface area contributed by atoms with Gasteiger partial charge in [-0.15, -0.1) is 0 Å². The lowest BCUT2D eigenvalue weighted by molar-refractivity contribution is 1.15. The zero-order chi connectivity index (χ0) is 11.5. The van der Waals surface area contributed by atoms with Gasteiger partial charge in [-0.05, 0) is 41.4 Å². The van der Waals surface area contributed by atoms with Crippen LogP contribution in [0, 0.1) is 13.8 Å². The van der Waals surface area contributed by atoms with Crippen molar-refractivity contribution >= 4 is 27.4 Å². The van der Waals surface area contributed by atoms with Crippen LogP contribution in [0.25, 0.3) is 0 Å². The summed E-state index contributed by atoms with van der Waals surface area (Å²) in [5.74, 6) is 0.780. The molecule has 0 amide bonds. The Hall–Kier alpha value is -1.42. The van der Waals surface area contributed by atoms with E-state index in [4.69, 9.17) is 0 Å². The van der Waals surface area contributed by atoms with Crippen LogP contribution in [0.15, 0.2) is 35.2 Å². The van der Waals surface area contributed by atoms with Crippen LogP contribution in [0.3, 0.4) is 0 Å². The molecule has 1 aromatic heterocycles. The van der Waals surface area contributed by atoms with Gasteiger partial charge in [-0.25, -0.2) is 9.97 Å². The van der Waals surface area contributed by atoms with E-state index < -0.39 is 0 Å². The van der Waals surface area contributed by atoms with Crippen LogP contribution in [0.5, 0.6) is 0 Å². The van der Waals surface area contributed by atoms with E-state index in [1.165, 1.54) is 17.5 Å². The van der Waals surface area contributed by atoms with Crippen molar-refractivity contribution in [3.8, 4) is 0 Å². The molecule has 0 unspecified atom stereocenters. The fourth-order valence-corrected chi connectivity index (χ4v) is 1.81. The number of aromatic nitrogens is 2. The van der Waals surface area contributed by atoms with Gasteiger partial charge in [0.15, 0.2) is 0 Å². The lowest BCUT2D eigenvalue weighted by Crippen LogP contribution is -1.97. The second kappa shape index (κ2) is 4.61. The van der Waals surface area contributed by atoms with Crippen molar-refractivity contribution in [1.29, 1.82) is 0 Å². The fraction of sp³-hybridized carbons (Fsp3) is 0.167. The molecule has 0 aliphatic rings. The quantitative estimate of drug-likeness (QED) is 0.912. The summed E-state index contributed by atoms with van der Waals surface area (Å²) in [6.07, 6.45) is 3.25. The summed E-state index contributed by atoms with van der Waals surface area (Å²) in [7, 11) is 0. The minimum Gasteiger partial charge on any atom is -0.339 e. The molecule has 16 heavy (non-hydrogen) atoms. The number of halogens is 1. The molecule has 0 aliphatic heterocycles. The topological polar surface area (TPSA) is 37.8 Å². The molecule has 0 saturated carbocycles. The van der Waals surface area contributed by atoms with E-state index in [1.807, 2.05) is 0 Å². The predicted octanol–water partition coefficient (Wildman–Crippen LogP) is 3.60. The van der Waals surface area contributed by atoms with E-state index in [9.17, 15) is 0 Å². The number of aryl methyl sites for hydroxylation is 2. The molecule has 0 fully saturated rings. The zero-order valence-electron chi connectivity index (χ0n) is 9.16. The molecule has 1 N–H and O–H groups in total. The van der Waals surface area contributed by atoms with Crippen molar-refractivity contribution in [3.05, 3.63) is 46.3 Å². The van der Waals surface area contributed by atoms with Gasteiger partial charge in [0, 0.05) is 11.9 Å². The van der Waals surface area contributed by atoms with Gasteiger partial charge in [-0.3, -0.25) is 0 Å². The van der Waals surface area contributed by atoms with Crippen molar-refractivity contribution in [2.45, 2.75) is 13.8 Å². The van der Waals surface area contributed by atoms with Gasteiger partial charge >= 0.3 is 0 Å². The van der Waals surface area contributed by atoms with Crippen LogP contribution in [0.1, 0.15) is 11.1 Å². The van der Waals surface area contributed by atoms with E-state index in [-0.39, 0.29) is 0 Å². The molecule has 1 aromatic carbocycles. The molecule has 2 rings (SSSR count). The van der Waals surface area contributed by atoms with Gasteiger partial charge in [0.1, 0.15) is 12.1 Å². The molecule has 1 heterocycles. The van der Waals surface area contributed by atoms with Crippen LogP contribution < -0.4 is 5.32 Å². The lowest BCUT2D eigenvalue weighted by Gasteiger charge is -2.10. The number of nitrogens with one attached hydrogen (secondary N) is 1. The van der Waals surface area contributed by atoms with Gasteiger partial charge in [0.25, 0.3) is 0 Å². The summed E-state index contributed by atoms with van der Waals surface area (Å²) in [6, 6.07) is 6.26. The van der Waals surface area contributed by atoms with Gasteiger partial charge in [0.2, 0.25) is 0 Å². The number of hydrogen-bond acceptors (Lipinski definition) is 3. The maximum Gasteiger partial charge on any atom is 0.148 e.